The van der Waals surface area contributed by atoms with E-state index >= 15 is 0 Å². The van der Waals surface area contributed by atoms with Crippen LogP contribution in [0.15, 0.2) is 29.2 Å². The van der Waals surface area contributed by atoms with Gasteiger partial charge in [-0.2, -0.15) is 0 Å². The second kappa shape index (κ2) is 7.53. The summed E-state index contributed by atoms with van der Waals surface area (Å²) >= 11 is 0. The monoisotopic (exact) mass is 342 g/mol. The number of carbonyl (C=O) groups excluding carboxylic acids is 1. The van der Waals surface area contributed by atoms with E-state index in [2.05, 4.69) is 10.0 Å². The Bertz CT molecular complexity index is 684. The molecule has 0 saturated heterocycles. The van der Waals surface area contributed by atoms with Crippen molar-refractivity contribution in [3.8, 4) is 0 Å². The van der Waals surface area contributed by atoms with Crippen LogP contribution < -0.4 is 10.0 Å². The van der Waals surface area contributed by atoms with Gasteiger partial charge in [-0.25, -0.2) is 17.9 Å². The summed E-state index contributed by atoms with van der Waals surface area (Å²) in [4.78, 5) is 22.3. The minimum Gasteiger partial charge on any atom is -0.480 e. The molecule has 0 aromatic heterocycles. The highest BCUT2D eigenvalue weighted by atomic mass is 32.2. The normalized spacial score (nSPS) is 14.4. The number of rotatable bonds is 9. The minimum absolute atomic E-state index is 0.0103. The molecule has 1 fully saturated rings. The second-order valence-electron chi connectivity index (χ2n) is 5.13. The smallest absolute Gasteiger partial charge is 0.329 e. The summed E-state index contributed by atoms with van der Waals surface area (Å²) in [6.45, 7) is -0.251. The fourth-order valence-electron chi connectivity index (χ4n) is 1.79. The summed E-state index contributed by atoms with van der Waals surface area (Å²) in [6, 6.07) is 5.72. The lowest BCUT2D eigenvalue weighted by Gasteiger charge is -2.08. The van der Waals surface area contributed by atoms with Crippen LogP contribution in [0.25, 0.3) is 0 Å². The van der Waals surface area contributed by atoms with Crippen molar-refractivity contribution in [1.82, 2.24) is 10.0 Å². The highest BCUT2D eigenvalue weighted by Gasteiger charge is 2.28. The number of aliphatic carboxylic acids is 1. The molecule has 0 radical (unpaired) electrons. The lowest BCUT2D eigenvalue weighted by Crippen LogP contribution is -2.29. The first-order chi connectivity index (χ1) is 10.9. The molecule has 1 amide bonds. The van der Waals surface area contributed by atoms with Crippen LogP contribution in [-0.2, 0) is 19.6 Å². The number of carbonyl (C=O) groups is 2. The van der Waals surface area contributed by atoms with Crippen LogP contribution in [0, 0.1) is 0 Å². The number of sulfonamides is 1. The van der Waals surface area contributed by atoms with Crippen molar-refractivity contribution in [1.29, 1.82) is 0 Å². The Hall–Kier alpha value is -1.97. The van der Waals surface area contributed by atoms with Gasteiger partial charge in [-0.1, -0.05) is 6.07 Å². The minimum atomic E-state index is -3.61. The number of nitrogens with one attached hydrogen (secondary N) is 2. The Kier molecular flexibility index (Phi) is 5.69. The molecule has 0 heterocycles. The van der Waals surface area contributed by atoms with Crippen molar-refractivity contribution in [3.63, 3.8) is 0 Å². The van der Waals surface area contributed by atoms with Gasteiger partial charge in [-0.05, 0) is 31.0 Å². The first kappa shape index (κ1) is 17.4. The Morgan fingerprint density at radius 1 is 1.30 bits per heavy atom. The molecule has 2 rings (SSSR count). The fraction of sp³-hybridized carbons (Fsp3) is 0.429. The molecular formula is C14H18N2O6S. The topological polar surface area (TPSA) is 122 Å². The molecule has 1 aromatic carbocycles. The molecule has 0 atom stereocenters. The Morgan fingerprint density at radius 2 is 2.04 bits per heavy atom. The van der Waals surface area contributed by atoms with Crippen molar-refractivity contribution in [2.24, 2.45) is 0 Å². The van der Waals surface area contributed by atoms with E-state index in [1.165, 1.54) is 24.3 Å². The summed E-state index contributed by atoms with van der Waals surface area (Å²) in [6.07, 6.45) is 1.66. The Morgan fingerprint density at radius 3 is 2.70 bits per heavy atom. The fourth-order valence-corrected chi connectivity index (χ4v) is 3.14. The number of hydrogen-bond acceptors (Lipinski definition) is 5. The van der Waals surface area contributed by atoms with Crippen molar-refractivity contribution < 1.29 is 27.9 Å². The maximum Gasteiger partial charge on any atom is 0.329 e. The second-order valence-corrected chi connectivity index (χ2v) is 6.84. The number of hydrogen-bond donors (Lipinski definition) is 3. The molecule has 0 unspecified atom stereocenters. The summed E-state index contributed by atoms with van der Waals surface area (Å²) < 4.78 is 31.5. The lowest BCUT2D eigenvalue weighted by atomic mass is 10.2. The van der Waals surface area contributed by atoms with E-state index in [0.29, 0.717) is 0 Å². The van der Waals surface area contributed by atoms with Gasteiger partial charge >= 0.3 is 5.97 Å². The number of amides is 1. The molecule has 8 nitrogen and oxygen atoms in total. The molecule has 1 saturated carbocycles. The third kappa shape index (κ3) is 5.62. The molecule has 0 spiro atoms. The van der Waals surface area contributed by atoms with Crippen molar-refractivity contribution >= 4 is 21.9 Å². The Labute approximate surface area is 133 Å². The van der Waals surface area contributed by atoms with Gasteiger partial charge in [-0.15, -0.1) is 0 Å². The zero-order chi connectivity index (χ0) is 16.9. The molecule has 0 bridgehead atoms. The van der Waals surface area contributed by atoms with Gasteiger partial charge in [0.05, 0.1) is 11.5 Å². The Balaban J connectivity index is 1.90. The average Bonchev–Trinajstić information content (AvgIpc) is 3.30. The van der Waals surface area contributed by atoms with Gasteiger partial charge in [0.15, 0.2) is 0 Å². The summed E-state index contributed by atoms with van der Waals surface area (Å²) in [5, 5.41) is 10.9. The van der Waals surface area contributed by atoms with Gasteiger partial charge in [0.1, 0.15) is 6.61 Å². The maximum atomic E-state index is 12.1. The molecule has 9 heteroatoms. The van der Waals surface area contributed by atoms with Crippen molar-refractivity contribution in [2.45, 2.75) is 23.8 Å². The van der Waals surface area contributed by atoms with Crippen molar-refractivity contribution in [2.75, 3.05) is 19.8 Å². The first-order valence-electron chi connectivity index (χ1n) is 7.08. The van der Waals surface area contributed by atoms with E-state index in [1.54, 1.807) is 0 Å². The van der Waals surface area contributed by atoms with Gasteiger partial charge in [0, 0.05) is 18.2 Å². The molecular weight excluding hydrogens is 324 g/mol. The maximum absolute atomic E-state index is 12.1. The zero-order valence-electron chi connectivity index (χ0n) is 12.3. The third-order valence-corrected chi connectivity index (χ3v) is 4.58. The van der Waals surface area contributed by atoms with E-state index in [1.807, 2.05) is 0 Å². The van der Waals surface area contributed by atoms with Gasteiger partial charge in [0.2, 0.25) is 10.0 Å². The predicted molar refractivity (Wildman–Crippen MR) is 80.6 cm³/mol. The van der Waals surface area contributed by atoms with E-state index in [-0.39, 0.29) is 29.7 Å². The molecule has 1 aliphatic rings. The van der Waals surface area contributed by atoms with Crippen LogP contribution in [0.3, 0.4) is 0 Å². The molecule has 126 valence electrons. The quantitative estimate of drug-likeness (QED) is 0.541. The van der Waals surface area contributed by atoms with Crippen LogP contribution in [0.1, 0.15) is 23.2 Å². The number of benzene rings is 1. The summed E-state index contributed by atoms with van der Waals surface area (Å²) in [5.74, 6) is -1.54. The van der Waals surface area contributed by atoms with E-state index in [4.69, 9.17) is 9.84 Å². The first-order valence-corrected chi connectivity index (χ1v) is 8.57. The van der Waals surface area contributed by atoms with Crippen molar-refractivity contribution in [3.05, 3.63) is 29.8 Å². The SMILES string of the molecule is O=C(O)COCCNC(=O)c1cccc(S(=O)(=O)NC2CC2)c1. The predicted octanol–water partition coefficient (Wildman–Crippen LogP) is -0.0417. The molecule has 1 aliphatic carbocycles. The number of ether oxygens (including phenoxy) is 1. The third-order valence-electron chi connectivity index (χ3n) is 3.06. The van der Waals surface area contributed by atoms with Crippen LogP contribution in [0.2, 0.25) is 0 Å². The number of carboxylic acids is 1. The van der Waals surface area contributed by atoms with Gasteiger partial charge in [-0.3, -0.25) is 4.79 Å². The highest BCUT2D eigenvalue weighted by molar-refractivity contribution is 7.89. The molecule has 1 aromatic rings. The van der Waals surface area contributed by atoms with Crippen LogP contribution in [0.4, 0.5) is 0 Å². The summed E-state index contributed by atoms with van der Waals surface area (Å²) in [7, 11) is -3.61. The van der Waals surface area contributed by atoms with Crippen LogP contribution in [0.5, 0.6) is 0 Å². The zero-order valence-corrected chi connectivity index (χ0v) is 13.1. The number of carboxylic acid groups (broad SMARTS) is 1. The van der Waals surface area contributed by atoms with E-state index < -0.39 is 28.5 Å². The molecule has 3 N–H and O–H groups in total. The van der Waals surface area contributed by atoms with E-state index in [0.717, 1.165) is 12.8 Å². The van der Waals surface area contributed by atoms with Crippen LogP contribution in [-0.4, -0.2) is 51.2 Å². The van der Waals surface area contributed by atoms with Crippen LogP contribution >= 0.6 is 0 Å². The van der Waals surface area contributed by atoms with E-state index in [9.17, 15) is 18.0 Å². The standard InChI is InChI=1S/C14H18N2O6S/c17-13(18)9-22-7-6-15-14(19)10-2-1-3-12(8-10)23(20,21)16-11-4-5-11/h1-3,8,11,16H,4-7,9H2,(H,15,19)(H,17,18). The largest absolute Gasteiger partial charge is 0.480 e. The average molecular weight is 342 g/mol. The lowest BCUT2D eigenvalue weighted by molar-refractivity contribution is -0.142. The van der Waals surface area contributed by atoms with Gasteiger partial charge < -0.3 is 15.2 Å². The molecule has 23 heavy (non-hydrogen) atoms. The highest BCUT2D eigenvalue weighted by Crippen LogP contribution is 2.22. The van der Waals surface area contributed by atoms with Gasteiger partial charge in [0.25, 0.3) is 5.91 Å². The summed E-state index contributed by atoms with van der Waals surface area (Å²) in [5.41, 5.74) is 0.210. The molecule has 0 aliphatic heterocycles.